The standard InChI is InChI=1S/C28H38BrNO5.C28H37NO5.C24H29NO4.C22H29NO3/c1-5-33-28(31)26(13-14-29)35-23-15-19(2)24(20(3)16-23)17-22-11-12-25(34-18-32-4)27(30-22)21-9-7-6-8-10-21;1-5-32-27(30)28(13-14-28)34-23-15-19(2)24(20(3)16-23)17-22-11-12-25(33-18-31-4)26(29-22)21-9-7-6-8-10-21;1-15-12-19(29-24(10-11-24)23(27)28)13-16(2)20(15)14-18-8-9-21(26)22(25-18)17-6-4-3-5-7-17;1-15-11-19(24)12-16(2)20(15)13-18-9-10-21(26-14-25-3)22(23-18)17-7-5-4-6-8-17/h11-12,15-16,21,26H,5-10,13-14,17-18H2,1-4H3;11-12,15-16,21H,5-10,13-14,17-18H2,1-4H3;8-9,12-13,17,26H,3-7,10-11,14H2,1-2H3,(H,27,28);9-12,17,24H,4-8,13-14H2,1-3H3. The zero-order valence-electron chi connectivity index (χ0n) is 75.6. The maximum Gasteiger partial charge on any atom is 0.350 e. The molecule has 3 N–H and O–H groups in total. The minimum absolute atomic E-state index is 0.225. The van der Waals surface area contributed by atoms with Crippen LogP contribution in [0.25, 0.3) is 0 Å². The molecular formula is C102H133BrN4O17. The summed E-state index contributed by atoms with van der Waals surface area (Å²) in [6.07, 6.45) is 29.6. The molecule has 0 radical (unpaired) electrons. The molecule has 0 amide bonds. The number of nitrogens with zero attached hydrogens (tertiary/aromatic N) is 4. The zero-order chi connectivity index (χ0) is 88.5. The fraction of sp³-hybridized carbons (Fsp3) is 0.539. The van der Waals surface area contributed by atoms with Crippen LogP contribution in [0.15, 0.2) is 97.1 Å². The van der Waals surface area contributed by atoms with E-state index in [1.54, 1.807) is 34.3 Å². The van der Waals surface area contributed by atoms with Crippen molar-refractivity contribution in [2.45, 2.75) is 296 Å². The Balaban J connectivity index is 0.000000162. The molecule has 1 unspecified atom stereocenters. The van der Waals surface area contributed by atoms with E-state index in [0.717, 1.165) is 171 Å². The second-order valence-electron chi connectivity index (χ2n) is 34.7. The third kappa shape index (κ3) is 26.2. The third-order valence-corrected chi connectivity index (χ3v) is 25.6. The second kappa shape index (κ2) is 46.2. The first-order chi connectivity index (χ1) is 59.9. The van der Waals surface area contributed by atoms with Gasteiger partial charge in [0, 0.05) is 131 Å². The molecule has 1 atom stereocenters. The fourth-order valence-corrected chi connectivity index (χ4v) is 18.5. The number of alkyl halides is 1. The van der Waals surface area contributed by atoms with Gasteiger partial charge in [0.2, 0.25) is 11.2 Å². The first-order valence-electron chi connectivity index (χ1n) is 45.2. The molecule has 6 saturated carbocycles. The molecule has 4 aromatic carbocycles. The summed E-state index contributed by atoms with van der Waals surface area (Å²) in [5, 5.41) is 30.1. The van der Waals surface area contributed by atoms with Gasteiger partial charge in [-0.2, -0.15) is 0 Å². The molecule has 8 aromatic rings. The number of phenols is 1. The van der Waals surface area contributed by atoms with Crippen molar-refractivity contribution < 1.29 is 81.8 Å². The number of halogens is 1. The Labute approximate surface area is 743 Å². The Morgan fingerprint density at radius 3 is 1.03 bits per heavy atom. The number of carboxylic acid groups (broad SMARTS) is 1. The molecule has 4 aromatic heterocycles. The molecule has 6 aliphatic carbocycles. The minimum Gasteiger partial charge on any atom is -0.508 e. The number of carbonyl (C=O) groups excluding carboxylic acids is 2. The number of pyridine rings is 4. The lowest BCUT2D eigenvalue weighted by atomic mass is 9.86. The summed E-state index contributed by atoms with van der Waals surface area (Å²) < 4.78 is 61.2. The van der Waals surface area contributed by atoms with Crippen molar-refractivity contribution in [2.75, 3.05) is 60.3 Å². The van der Waals surface area contributed by atoms with E-state index >= 15 is 0 Å². The summed E-state index contributed by atoms with van der Waals surface area (Å²) >= 11 is 3.40. The predicted octanol–water partition coefficient (Wildman–Crippen LogP) is 22.3. The Bertz CT molecular complexity index is 4770. The highest BCUT2D eigenvalue weighted by molar-refractivity contribution is 9.09. The number of aryl methyl sites for hydroxylation is 8. The molecule has 0 spiro atoms. The van der Waals surface area contributed by atoms with Gasteiger partial charge in [-0.3, -0.25) is 19.9 Å². The van der Waals surface area contributed by atoms with Crippen molar-refractivity contribution in [1.29, 1.82) is 0 Å². The first-order valence-corrected chi connectivity index (χ1v) is 46.3. The van der Waals surface area contributed by atoms with E-state index in [0.29, 0.717) is 104 Å². The predicted molar refractivity (Wildman–Crippen MR) is 485 cm³/mol. The molecule has 0 saturated heterocycles. The molecular weight excluding hydrogens is 1630 g/mol. The summed E-state index contributed by atoms with van der Waals surface area (Å²) in [6, 6.07) is 31.5. The molecule has 670 valence electrons. The number of benzene rings is 4. The summed E-state index contributed by atoms with van der Waals surface area (Å²) in [5.74, 6) is 5.39. The average molecular weight is 1770 g/mol. The zero-order valence-corrected chi connectivity index (χ0v) is 77.2. The summed E-state index contributed by atoms with van der Waals surface area (Å²) in [6.45, 7) is 21.5. The van der Waals surface area contributed by atoms with Gasteiger partial charge < -0.3 is 67.4 Å². The number of hydrogen-bond acceptors (Lipinski definition) is 20. The van der Waals surface area contributed by atoms with Crippen molar-refractivity contribution in [3.63, 3.8) is 0 Å². The quantitative estimate of drug-likeness (QED) is 0.0192. The lowest BCUT2D eigenvalue weighted by Crippen LogP contribution is -2.31. The lowest BCUT2D eigenvalue weighted by molar-refractivity contribution is -0.153. The van der Waals surface area contributed by atoms with Gasteiger partial charge in [-0.25, -0.2) is 14.4 Å². The number of ether oxygens (including phenoxy) is 11. The number of carbonyl (C=O) groups is 3. The third-order valence-electron chi connectivity index (χ3n) is 25.1. The number of esters is 2. The van der Waals surface area contributed by atoms with Crippen LogP contribution in [0.4, 0.5) is 0 Å². The van der Waals surface area contributed by atoms with Crippen LogP contribution in [0, 0.1) is 55.4 Å². The van der Waals surface area contributed by atoms with Crippen molar-refractivity contribution in [1.82, 2.24) is 19.9 Å². The summed E-state index contributed by atoms with van der Waals surface area (Å²) in [7, 11) is 4.91. The van der Waals surface area contributed by atoms with Crippen molar-refractivity contribution in [2.24, 2.45) is 0 Å². The number of methoxy groups -OCH3 is 3. The Morgan fingerprint density at radius 1 is 0.411 bits per heavy atom. The molecule has 4 heterocycles. The van der Waals surface area contributed by atoms with Crippen LogP contribution in [0.3, 0.4) is 0 Å². The summed E-state index contributed by atoms with van der Waals surface area (Å²) in [4.78, 5) is 56.0. The number of phenolic OH excluding ortho intramolecular Hbond substituents is 1. The average Bonchev–Trinajstić information content (AvgIpc) is 1.63. The van der Waals surface area contributed by atoms with Gasteiger partial charge in [0.05, 0.1) is 36.0 Å². The topological polar surface area (TPSA) is 265 Å². The van der Waals surface area contributed by atoms with E-state index in [1.807, 2.05) is 120 Å². The minimum atomic E-state index is -1.03. The normalized spacial score (nSPS) is 16.5. The van der Waals surface area contributed by atoms with E-state index in [9.17, 15) is 29.7 Å². The van der Waals surface area contributed by atoms with E-state index in [1.165, 1.54) is 112 Å². The van der Waals surface area contributed by atoms with Crippen LogP contribution in [0.2, 0.25) is 0 Å². The smallest absolute Gasteiger partial charge is 0.350 e. The Morgan fingerprint density at radius 2 is 0.718 bits per heavy atom. The molecule has 21 nitrogen and oxygen atoms in total. The SMILES string of the molecule is CCOC(=O)C(CCBr)Oc1cc(C)c(Cc2ccc(OCOC)c(C3CCCCC3)n2)c(C)c1.CCOC(=O)C1(Oc2cc(C)c(Cc3ccc(OCOC)c(C4CCCCC4)n3)c(C)c2)CC1.COCOc1ccc(Cc2c(C)cc(O)cc2C)nc1C1CCCCC1.Cc1cc(OC2(C(=O)O)CC2)cc(C)c1Cc1ccc(O)c(C2CCCCC2)n1. The summed E-state index contributed by atoms with van der Waals surface area (Å²) in [5.41, 5.74) is 20.0. The van der Waals surface area contributed by atoms with E-state index in [2.05, 4.69) is 49.7 Å². The van der Waals surface area contributed by atoms with Gasteiger partial charge in [-0.1, -0.05) is 93.0 Å². The van der Waals surface area contributed by atoms with Crippen molar-refractivity contribution >= 4 is 33.8 Å². The number of hydrogen-bond donors (Lipinski definition) is 3. The van der Waals surface area contributed by atoms with Crippen LogP contribution in [0.5, 0.6) is 46.0 Å². The van der Waals surface area contributed by atoms with Crippen molar-refractivity contribution in [3.8, 4) is 46.0 Å². The lowest BCUT2D eigenvalue weighted by Gasteiger charge is -2.24. The molecule has 6 fully saturated rings. The largest absolute Gasteiger partial charge is 0.508 e. The van der Waals surface area contributed by atoms with Crippen LogP contribution < -0.4 is 28.4 Å². The number of aromatic nitrogens is 4. The maximum atomic E-state index is 12.3. The van der Waals surface area contributed by atoms with Crippen LogP contribution in [0.1, 0.15) is 310 Å². The molecule has 0 bridgehead atoms. The van der Waals surface area contributed by atoms with E-state index in [4.69, 9.17) is 72.0 Å². The van der Waals surface area contributed by atoms with Gasteiger partial charge in [-0.15, -0.1) is 0 Å². The number of aromatic hydroxyl groups is 2. The van der Waals surface area contributed by atoms with E-state index in [-0.39, 0.29) is 32.3 Å². The monoisotopic (exact) mass is 1760 g/mol. The molecule has 22 heteroatoms. The number of aliphatic carboxylic acids is 1. The first kappa shape index (κ1) is 95.3. The molecule has 0 aliphatic heterocycles. The van der Waals surface area contributed by atoms with Crippen LogP contribution >= 0.6 is 15.9 Å². The van der Waals surface area contributed by atoms with Gasteiger partial charge in [0.15, 0.2) is 26.5 Å². The maximum absolute atomic E-state index is 12.3. The molecule has 124 heavy (non-hydrogen) atoms. The molecule has 14 rings (SSSR count). The Hall–Kier alpha value is -9.35. The second-order valence-corrected chi connectivity index (χ2v) is 35.5. The number of carboxylic acids is 1. The van der Waals surface area contributed by atoms with Gasteiger partial charge >= 0.3 is 17.9 Å². The van der Waals surface area contributed by atoms with Gasteiger partial charge in [0.25, 0.3) is 0 Å². The highest BCUT2D eigenvalue weighted by atomic mass is 79.9. The number of rotatable bonds is 34. The highest BCUT2D eigenvalue weighted by Crippen LogP contribution is 2.46. The van der Waals surface area contributed by atoms with Crippen molar-refractivity contribution in [3.05, 3.63) is 209 Å². The fourth-order valence-electron chi connectivity index (χ4n) is 18.1. The Kier molecular flexibility index (Phi) is 35.5. The van der Waals surface area contributed by atoms with Crippen LogP contribution in [-0.4, -0.2) is 131 Å². The van der Waals surface area contributed by atoms with Gasteiger partial charge in [-0.05, 0) is 284 Å². The highest BCUT2D eigenvalue weighted by Gasteiger charge is 2.55. The van der Waals surface area contributed by atoms with Crippen LogP contribution in [-0.2, 0) is 63.8 Å². The van der Waals surface area contributed by atoms with E-state index < -0.39 is 23.3 Å². The van der Waals surface area contributed by atoms with Gasteiger partial charge in [0.1, 0.15) is 46.0 Å². The molecule has 6 aliphatic rings.